The van der Waals surface area contributed by atoms with Gasteiger partial charge in [-0.2, -0.15) is 0 Å². The molecule has 0 fully saturated rings. The molecule has 0 spiro atoms. The van der Waals surface area contributed by atoms with Gasteiger partial charge in [0.1, 0.15) is 11.5 Å². The van der Waals surface area contributed by atoms with E-state index >= 15 is 0 Å². The van der Waals surface area contributed by atoms with Crippen LogP contribution in [0.5, 0.6) is 11.5 Å². The van der Waals surface area contributed by atoms with E-state index in [1.165, 1.54) is 25.7 Å². The molecule has 0 saturated heterocycles. The lowest BCUT2D eigenvalue weighted by atomic mass is 9.79. The minimum atomic E-state index is -0.0576. The fourth-order valence-electron chi connectivity index (χ4n) is 3.04. The van der Waals surface area contributed by atoms with Crippen LogP contribution in [0.1, 0.15) is 58.4 Å². The van der Waals surface area contributed by atoms with E-state index in [1.54, 1.807) is 0 Å². The number of phenols is 2. The Kier molecular flexibility index (Phi) is 5.70. The Labute approximate surface area is 139 Å². The van der Waals surface area contributed by atoms with Gasteiger partial charge in [-0.25, -0.2) is 0 Å². The minimum absolute atomic E-state index is 0.0576. The van der Waals surface area contributed by atoms with Crippen LogP contribution in [0.3, 0.4) is 0 Å². The molecule has 0 aliphatic rings. The van der Waals surface area contributed by atoms with E-state index in [4.69, 9.17) is 0 Å². The van der Waals surface area contributed by atoms with Crippen molar-refractivity contribution in [2.24, 2.45) is 0 Å². The Morgan fingerprint density at radius 1 is 0.870 bits per heavy atom. The molecule has 124 valence electrons. The predicted molar refractivity (Wildman–Crippen MR) is 97.0 cm³/mol. The quantitative estimate of drug-likeness (QED) is 0.614. The number of hydrogen-bond donors (Lipinski definition) is 2. The van der Waals surface area contributed by atoms with E-state index in [0.29, 0.717) is 5.56 Å². The molecule has 0 unspecified atom stereocenters. The van der Waals surface area contributed by atoms with Gasteiger partial charge in [0.15, 0.2) is 0 Å². The topological polar surface area (TPSA) is 40.5 Å². The Hall–Kier alpha value is -1.96. The molecule has 2 heteroatoms. The fourth-order valence-corrected chi connectivity index (χ4v) is 3.04. The first kappa shape index (κ1) is 17.4. The molecule has 2 aromatic carbocycles. The van der Waals surface area contributed by atoms with E-state index in [2.05, 4.69) is 20.8 Å². The highest BCUT2D eigenvalue weighted by Gasteiger charge is 2.23. The Morgan fingerprint density at radius 2 is 1.48 bits per heavy atom. The molecule has 0 bridgehead atoms. The summed E-state index contributed by atoms with van der Waals surface area (Å²) in [6.45, 7) is 6.56. The summed E-state index contributed by atoms with van der Waals surface area (Å²) >= 11 is 0. The van der Waals surface area contributed by atoms with Crippen molar-refractivity contribution in [3.63, 3.8) is 0 Å². The summed E-state index contributed by atoms with van der Waals surface area (Å²) in [5.74, 6) is 0.292. The van der Waals surface area contributed by atoms with E-state index in [9.17, 15) is 10.2 Å². The average molecular weight is 312 g/mol. The summed E-state index contributed by atoms with van der Waals surface area (Å²) in [6.07, 6.45) is 5.95. The first-order valence-corrected chi connectivity index (χ1v) is 8.57. The van der Waals surface area contributed by atoms with Crippen LogP contribution in [0.4, 0.5) is 0 Å². The lowest BCUT2D eigenvalue weighted by Gasteiger charge is -2.26. The fraction of sp³-hybridized carbons (Fsp3) is 0.429. The highest BCUT2D eigenvalue weighted by atomic mass is 16.3. The van der Waals surface area contributed by atoms with Gasteiger partial charge >= 0.3 is 0 Å². The van der Waals surface area contributed by atoms with Crippen LogP contribution < -0.4 is 0 Å². The molecule has 0 radical (unpaired) electrons. The van der Waals surface area contributed by atoms with Crippen LogP contribution in [0, 0.1) is 0 Å². The third-order valence-corrected chi connectivity index (χ3v) is 4.60. The zero-order valence-corrected chi connectivity index (χ0v) is 14.5. The maximum absolute atomic E-state index is 10.4. The molecule has 0 heterocycles. The van der Waals surface area contributed by atoms with Crippen molar-refractivity contribution in [1.82, 2.24) is 0 Å². The maximum atomic E-state index is 10.4. The summed E-state index contributed by atoms with van der Waals surface area (Å²) in [7, 11) is 0. The van der Waals surface area contributed by atoms with Crippen LogP contribution in [0.15, 0.2) is 42.5 Å². The highest BCUT2D eigenvalue weighted by molar-refractivity contribution is 5.77. The van der Waals surface area contributed by atoms with Gasteiger partial charge in [-0.3, -0.25) is 0 Å². The number of hydrogen-bond acceptors (Lipinski definition) is 2. The Bertz CT molecular complexity index is 607. The molecule has 23 heavy (non-hydrogen) atoms. The first-order chi connectivity index (χ1) is 11.0. The van der Waals surface area contributed by atoms with E-state index < -0.39 is 0 Å². The highest BCUT2D eigenvalue weighted by Crippen LogP contribution is 2.42. The lowest BCUT2D eigenvalue weighted by molar-refractivity contribution is 0.425. The molecule has 0 aliphatic heterocycles. The molecule has 0 amide bonds. The Balaban J connectivity index is 2.25. The molecule has 2 N–H and O–H groups in total. The molecular formula is C21H28O2. The van der Waals surface area contributed by atoms with Crippen molar-refractivity contribution >= 4 is 0 Å². The van der Waals surface area contributed by atoms with Crippen LogP contribution >= 0.6 is 0 Å². The van der Waals surface area contributed by atoms with Gasteiger partial charge < -0.3 is 10.2 Å². The average Bonchev–Trinajstić information content (AvgIpc) is 2.52. The summed E-state index contributed by atoms with van der Waals surface area (Å²) in [6, 6.07) is 13.1. The molecule has 0 atom stereocenters. The Morgan fingerprint density at radius 3 is 2.04 bits per heavy atom. The second-order valence-electron chi connectivity index (χ2n) is 6.95. The van der Waals surface area contributed by atoms with E-state index in [1.807, 2.05) is 42.5 Å². The van der Waals surface area contributed by atoms with Gasteiger partial charge in [0.05, 0.1) is 5.56 Å². The van der Waals surface area contributed by atoms with Crippen LogP contribution in [0.2, 0.25) is 0 Å². The van der Waals surface area contributed by atoms with Crippen molar-refractivity contribution in [2.75, 3.05) is 0 Å². The number of phenolic OH excluding ortho intramolecular Hbond substituents is 2. The minimum Gasteiger partial charge on any atom is -0.507 e. The second-order valence-corrected chi connectivity index (χ2v) is 6.95. The summed E-state index contributed by atoms with van der Waals surface area (Å²) in [4.78, 5) is 0. The number of rotatable bonds is 7. The maximum Gasteiger partial charge on any atom is 0.127 e. The molecule has 2 aromatic rings. The molecule has 0 aliphatic carbocycles. The van der Waals surface area contributed by atoms with E-state index in [-0.39, 0.29) is 16.9 Å². The largest absolute Gasteiger partial charge is 0.507 e. The van der Waals surface area contributed by atoms with Crippen LogP contribution in [0.25, 0.3) is 11.1 Å². The van der Waals surface area contributed by atoms with Crippen LogP contribution in [-0.4, -0.2) is 10.2 Å². The smallest absolute Gasteiger partial charge is 0.127 e. The summed E-state index contributed by atoms with van der Waals surface area (Å²) < 4.78 is 0. The third kappa shape index (κ3) is 4.28. The molecule has 0 aromatic heterocycles. The van der Waals surface area contributed by atoms with Crippen molar-refractivity contribution < 1.29 is 10.2 Å². The van der Waals surface area contributed by atoms with Crippen molar-refractivity contribution in [3.05, 3.63) is 48.0 Å². The number of benzene rings is 2. The van der Waals surface area contributed by atoms with Crippen LogP contribution in [-0.2, 0) is 5.41 Å². The molecule has 2 rings (SSSR count). The zero-order chi connectivity index (χ0) is 16.9. The standard InChI is InChI=1S/C21H28O2/c1-4-5-6-10-13-21(2,3)17-14-18(22)20(19(23)15-17)16-11-8-7-9-12-16/h7-9,11-12,14-15,22-23H,4-6,10,13H2,1-3H3. The normalized spacial score (nSPS) is 11.6. The summed E-state index contributed by atoms with van der Waals surface area (Å²) in [5, 5.41) is 20.9. The molecule has 2 nitrogen and oxygen atoms in total. The van der Waals surface area contributed by atoms with E-state index in [0.717, 1.165) is 17.5 Å². The van der Waals surface area contributed by atoms with Gasteiger partial charge in [0, 0.05) is 0 Å². The summed E-state index contributed by atoms with van der Waals surface area (Å²) in [5.41, 5.74) is 2.27. The van der Waals surface area contributed by atoms with Gasteiger partial charge in [0.25, 0.3) is 0 Å². The van der Waals surface area contributed by atoms with Crippen molar-refractivity contribution in [3.8, 4) is 22.6 Å². The zero-order valence-electron chi connectivity index (χ0n) is 14.5. The van der Waals surface area contributed by atoms with Crippen molar-refractivity contribution in [1.29, 1.82) is 0 Å². The first-order valence-electron chi connectivity index (χ1n) is 8.57. The van der Waals surface area contributed by atoms with Crippen molar-refractivity contribution in [2.45, 2.75) is 58.3 Å². The van der Waals surface area contributed by atoms with Gasteiger partial charge in [-0.1, -0.05) is 76.8 Å². The molecule has 0 saturated carbocycles. The molecular weight excluding hydrogens is 284 g/mol. The van der Waals surface area contributed by atoms with Gasteiger partial charge in [0.2, 0.25) is 0 Å². The predicted octanol–water partition coefficient (Wildman–Crippen LogP) is 6.01. The number of aromatic hydroxyl groups is 2. The lowest BCUT2D eigenvalue weighted by Crippen LogP contribution is -2.17. The number of unbranched alkanes of at least 4 members (excludes halogenated alkanes) is 3. The van der Waals surface area contributed by atoms with Gasteiger partial charge in [-0.15, -0.1) is 0 Å². The monoisotopic (exact) mass is 312 g/mol. The SMILES string of the molecule is CCCCCCC(C)(C)c1cc(O)c(-c2ccccc2)c(O)c1. The second kappa shape index (κ2) is 7.54. The van der Waals surface area contributed by atoms with Gasteiger partial charge in [-0.05, 0) is 35.1 Å². The third-order valence-electron chi connectivity index (χ3n) is 4.60.